The van der Waals surface area contributed by atoms with Crippen LogP contribution in [0.1, 0.15) is 39.0 Å². The van der Waals surface area contributed by atoms with Gasteiger partial charge in [-0.1, -0.05) is 31.5 Å². The first-order chi connectivity index (χ1) is 8.46. The fourth-order valence-corrected chi connectivity index (χ4v) is 3.66. The SMILES string of the molecule is CCC1CCC(CNC)C(CCSC(F)(F)F)C1. The fraction of sp³-hybridized carbons (Fsp3) is 1.00. The summed E-state index contributed by atoms with van der Waals surface area (Å²) in [4.78, 5) is 0. The molecule has 0 spiro atoms. The maximum atomic E-state index is 12.1. The highest BCUT2D eigenvalue weighted by atomic mass is 32.2. The molecule has 1 aliphatic carbocycles. The number of rotatable bonds is 6. The molecule has 1 nitrogen and oxygen atoms in total. The highest BCUT2D eigenvalue weighted by Crippen LogP contribution is 2.39. The summed E-state index contributed by atoms with van der Waals surface area (Å²) in [6, 6.07) is 0. The molecule has 3 unspecified atom stereocenters. The van der Waals surface area contributed by atoms with Gasteiger partial charge in [0.1, 0.15) is 0 Å². The maximum absolute atomic E-state index is 12.1. The Bertz CT molecular complexity index is 233. The molecule has 18 heavy (non-hydrogen) atoms. The van der Waals surface area contributed by atoms with E-state index in [1.807, 2.05) is 7.05 Å². The topological polar surface area (TPSA) is 12.0 Å². The zero-order valence-electron chi connectivity index (χ0n) is 11.2. The predicted octanol–water partition coefficient (Wildman–Crippen LogP) is 4.29. The van der Waals surface area contributed by atoms with Crippen LogP contribution in [0.3, 0.4) is 0 Å². The number of alkyl halides is 3. The summed E-state index contributed by atoms with van der Waals surface area (Å²) in [7, 11) is 1.92. The molecular weight excluding hydrogens is 259 g/mol. The molecule has 0 amide bonds. The first-order valence-electron chi connectivity index (χ1n) is 6.81. The summed E-state index contributed by atoms with van der Waals surface area (Å²) in [5.41, 5.74) is -4.07. The van der Waals surface area contributed by atoms with E-state index >= 15 is 0 Å². The maximum Gasteiger partial charge on any atom is 0.441 e. The van der Waals surface area contributed by atoms with Crippen LogP contribution in [0.2, 0.25) is 0 Å². The van der Waals surface area contributed by atoms with Crippen LogP contribution in [0, 0.1) is 17.8 Å². The monoisotopic (exact) mass is 283 g/mol. The first kappa shape index (κ1) is 16.2. The van der Waals surface area contributed by atoms with Crippen molar-refractivity contribution >= 4 is 11.8 Å². The first-order valence-corrected chi connectivity index (χ1v) is 7.80. The average Bonchev–Trinajstić information content (AvgIpc) is 2.30. The van der Waals surface area contributed by atoms with Gasteiger partial charge in [-0.25, -0.2) is 0 Å². The van der Waals surface area contributed by atoms with Gasteiger partial charge < -0.3 is 5.32 Å². The van der Waals surface area contributed by atoms with Crippen molar-refractivity contribution in [1.29, 1.82) is 0 Å². The molecule has 0 aromatic carbocycles. The normalized spacial score (nSPS) is 29.5. The Labute approximate surface area is 112 Å². The molecule has 0 bridgehead atoms. The van der Waals surface area contributed by atoms with Crippen molar-refractivity contribution in [2.45, 2.75) is 44.5 Å². The minimum atomic E-state index is -4.07. The van der Waals surface area contributed by atoms with Gasteiger partial charge in [-0.05, 0) is 50.6 Å². The molecule has 1 saturated carbocycles. The summed E-state index contributed by atoms with van der Waals surface area (Å²) in [5, 5.41) is 3.18. The van der Waals surface area contributed by atoms with E-state index in [2.05, 4.69) is 12.2 Å². The third kappa shape index (κ3) is 5.83. The Hall–Kier alpha value is 0.100. The number of halogens is 3. The summed E-state index contributed by atoms with van der Waals surface area (Å²) in [6.45, 7) is 3.13. The van der Waals surface area contributed by atoms with Crippen LogP contribution in [-0.2, 0) is 0 Å². The number of hydrogen-bond acceptors (Lipinski definition) is 2. The Morgan fingerprint density at radius 2 is 1.94 bits per heavy atom. The lowest BCUT2D eigenvalue weighted by molar-refractivity contribution is -0.0329. The second kappa shape index (κ2) is 7.63. The van der Waals surface area contributed by atoms with Gasteiger partial charge in [0, 0.05) is 5.75 Å². The lowest BCUT2D eigenvalue weighted by Gasteiger charge is -2.36. The molecule has 1 aliphatic rings. The van der Waals surface area contributed by atoms with Crippen molar-refractivity contribution in [2.75, 3.05) is 19.3 Å². The van der Waals surface area contributed by atoms with E-state index in [4.69, 9.17) is 0 Å². The third-order valence-corrected chi connectivity index (χ3v) is 4.81. The molecule has 0 aliphatic heterocycles. The molecule has 0 heterocycles. The van der Waals surface area contributed by atoms with E-state index in [9.17, 15) is 13.2 Å². The zero-order valence-corrected chi connectivity index (χ0v) is 12.0. The minimum Gasteiger partial charge on any atom is -0.319 e. The van der Waals surface area contributed by atoms with E-state index in [1.54, 1.807) is 0 Å². The van der Waals surface area contributed by atoms with Gasteiger partial charge in [-0.15, -0.1) is 0 Å². The molecule has 0 aromatic heterocycles. The Kier molecular flexibility index (Phi) is 6.85. The standard InChI is InChI=1S/C13H24F3NS/c1-3-10-4-5-12(9-17-2)11(8-10)6-7-18-13(14,15)16/h10-12,17H,3-9H2,1-2H3. The number of thioether (sulfide) groups is 1. The molecule has 0 saturated heterocycles. The molecule has 3 atom stereocenters. The molecular formula is C13H24F3NS. The Balaban J connectivity index is 2.40. The third-order valence-electron chi connectivity index (χ3n) is 4.05. The van der Waals surface area contributed by atoms with Crippen molar-refractivity contribution in [3.63, 3.8) is 0 Å². The fourth-order valence-electron chi connectivity index (χ4n) is 3.01. The van der Waals surface area contributed by atoms with Gasteiger partial charge in [-0.3, -0.25) is 0 Å². The van der Waals surface area contributed by atoms with Gasteiger partial charge in [0.2, 0.25) is 0 Å². The van der Waals surface area contributed by atoms with Crippen molar-refractivity contribution in [1.82, 2.24) is 5.32 Å². The second-order valence-corrected chi connectivity index (χ2v) is 6.41. The number of nitrogens with one attached hydrogen (secondary N) is 1. The molecule has 0 radical (unpaired) electrons. The van der Waals surface area contributed by atoms with Gasteiger partial charge in [0.15, 0.2) is 0 Å². The molecule has 1 rings (SSSR count). The number of hydrogen-bond donors (Lipinski definition) is 1. The van der Waals surface area contributed by atoms with Crippen LogP contribution < -0.4 is 5.32 Å². The summed E-state index contributed by atoms with van der Waals surface area (Å²) in [6.07, 6.45) is 5.38. The van der Waals surface area contributed by atoms with Crippen LogP contribution in [0.25, 0.3) is 0 Å². The lowest BCUT2D eigenvalue weighted by atomic mass is 9.72. The highest BCUT2D eigenvalue weighted by Gasteiger charge is 2.32. The molecule has 1 N–H and O–H groups in total. The van der Waals surface area contributed by atoms with Crippen molar-refractivity contribution < 1.29 is 13.2 Å². The Morgan fingerprint density at radius 3 is 2.50 bits per heavy atom. The van der Waals surface area contributed by atoms with Gasteiger partial charge in [0.25, 0.3) is 0 Å². The average molecular weight is 283 g/mol. The van der Waals surface area contributed by atoms with Crippen molar-refractivity contribution in [2.24, 2.45) is 17.8 Å². The molecule has 0 aromatic rings. The van der Waals surface area contributed by atoms with E-state index < -0.39 is 5.51 Å². The van der Waals surface area contributed by atoms with E-state index in [-0.39, 0.29) is 17.5 Å². The zero-order chi connectivity index (χ0) is 13.6. The second-order valence-electron chi connectivity index (χ2n) is 5.25. The van der Waals surface area contributed by atoms with Gasteiger partial charge in [-0.2, -0.15) is 13.2 Å². The Morgan fingerprint density at radius 1 is 1.22 bits per heavy atom. The summed E-state index contributed by atoms with van der Waals surface area (Å²) >= 11 is 0.136. The van der Waals surface area contributed by atoms with Gasteiger partial charge in [0.05, 0.1) is 0 Å². The van der Waals surface area contributed by atoms with E-state index in [1.165, 1.54) is 12.8 Å². The summed E-state index contributed by atoms with van der Waals surface area (Å²) < 4.78 is 36.4. The summed E-state index contributed by atoms with van der Waals surface area (Å²) in [5.74, 6) is 1.96. The van der Waals surface area contributed by atoms with Crippen molar-refractivity contribution in [3.8, 4) is 0 Å². The van der Waals surface area contributed by atoms with Crippen LogP contribution in [0.15, 0.2) is 0 Å². The van der Waals surface area contributed by atoms with Crippen LogP contribution in [0.4, 0.5) is 13.2 Å². The molecule has 1 fully saturated rings. The van der Waals surface area contributed by atoms with Crippen LogP contribution in [0.5, 0.6) is 0 Å². The highest BCUT2D eigenvalue weighted by molar-refractivity contribution is 8.00. The minimum absolute atomic E-state index is 0.136. The molecule has 108 valence electrons. The largest absolute Gasteiger partial charge is 0.441 e. The van der Waals surface area contributed by atoms with E-state index in [0.29, 0.717) is 18.3 Å². The van der Waals surface area contributed by atoms with Gasteiger partial charge >= 0.3 is 5.51 Å². The molecule has 5 heteroatoms. The van der Waals surface area contributed by atoms with Crippen molar-refractivity contribution in [3.05, 3.63) is 0 Å². The van der Waals surface area contributed by atoms with Crippen LogP contribution in [-0.4, -0.2) is 24.9 Å². The predicted molar refractivity (Wildman–Crippen MR) is 71.7 cm³/mol. The van der Waals surface area contributed by atoms with E-state index in [0.717, 1.165) is 25.3 Å². The lowest BCUT2D eigenvalue weighted by Crippen LogP contribution is -2.32. The van der Waals surface area contributed by atoms with Crippen LogP contribution >= 0.6 is 11.8 Å². The quantitative estimate of drug-likeness (QED) is 0.780. The smallest absolute Gasteiger partial charge is 0.319 e.